The van der Waals surface area contributed by atoms with Gasteiger partial charge in [0.1, 0.15) is 11.9 Å². The van der Waals surface area contributed by atoms with Crippen molar-refractivity contribution in [1.82, 2.24) is 9.46 Å². The number of hydrogen-bond donors (Lipinski definition) is 1. The van der Waals surface area contributed by atoms with Gasteiger partial charge in [-0.1, -0.05) is 5.16 Å². The summed E-state index contributed by atoms with van der Waals surface area (Å²) in [7, 11) is -3.88. The highest BCUT2D eigenvalue weighted by molar-refractivity contribution is 7.89. The fraction of sp³-hybridized carbons (Fsp3) is 0.333. The first kappa shape index (κ1) is 16.6. The van der Waals surface area contributed by atoms with E-state index in [1.165, 1.54) is 12.1 Å². The van der Waals surface area contributed by atoms with Crippen LogP contribution in [0.25, 0.3) is 0 Å². The van der Waals surface area contributed by atoms with E-state index in [0.29, 0.717) is 18.5 Å². The highest BCUT2D eigenvalue weighted by Gasteiger charge is 2.39. The van der Waals surface area contributed by atoms with Gasteiger partial charge < -0.3 is 4.52 Å². The van der Waals surface area contributed by atoms with E-state index in [4.69, 9.17) is 4.52 Å². The summed E-state index contributed by atoms with van der Waals surface area (Å²) >= 11 is 0. The predicted octanol–water partition coefficient (Wildman–Crippen LogP) is 1.91. The van der Waals surface area contributed by atoms with Gasteiger partial charge in [-0.3, -0.25) is 10.1 Å². The summed E-state index contributed by atoms with van der Waals surface area (Å²) in [6, 6.07) is 5.25. The van der Waals surface area contributed by atoms with Crippen molar-refractivity contribution in [2.24, 2.45) is 0 Å². The maximum atomic E-state index is 13.0. The number of nitrogens with one attached hydrogen (secondary N) is 1. The first-order chi connectivity index (χ1) is 11.4. The van der Waals surface area contributed by atoms with Crippen LogP contribution in [0.15, 0.2) is 39.8 Å². The number of nitrogens with zero attached hydrogens (tertiary/aromatic N) is 2. The lowest BCUT2D eigenvalue weighted by Crippen LogP contribution is -2.43. The molecule has 1 N–H and O–H groups in total. The fourth-order valence-electron chi connectivity index (χ4n) is 2.66. The fourth-order valence-corrected chi connectivity index (χ4v) is 4.32. The van der Waals surface area contributed by atoms with Gasteiger partial charge in [-0.25, -0.2) is 12.8 Å². The molecule has 24 heavy (non-hydrogen) atoms. The number of anilines is 1. The van der Waals surface area contributed by atoms with Crippen molar-refractivity contribution in [2.75, 3.05) is 11.9 Å². The van der Waals surface area contributed by atoms with Gasteiger partial charge in [0, 0.05) is 12.6 Å². The number of aromatic nitrogens is 1. The second-order valence-electron chi connectivity index (χ2n) is 5.55. The summed E-state index contributed by atoms with van der Waals surface area (Å²) in [5.74, 6) is -0.830. The van der Waals surface area contributed by atoms with Crippen molar-refractivity contribution in [1.29, 1.82) is 0 Å². The number of amides is 1. The van der Waals surface area contributed by atoms with E-state index >= 15 is 0 Å². The van der Waals surface area contributed by atoms with Crippen LogP contribution in [0.3, 0.4) is 0 Å². The van der Waals surface area contributed by atoms with E-state index < -0.39 is 27.8 Å². The van der Waals surface area contributed by atoms with E-state index in [-0.39, 0.29) is 17.3 Å². The average molecular weight is 353 g/mol. The molecule has 0 bridgehead atoms. The maximum Gasteiger partial charge on any atom is 0.245 e. The van der Waals surface area contributed by atoms with Gasteiger partial charge in [0.15, 0.2) is 0 Å². The van der Waals surface area contributed by atoms with Crippen LogP contribution in [-0.4, -0.2) is 36.4 Å². The molecule has 0 aliphatic carbocycles. The molecule has 1 fully saturated rings. The number of benzene rings is 1. The summed E-state index contributed by atoms with van der Waals surface area (Å²) in [6.07, 6.45) is 0.966. The molecule has 1 aromatic carbocycles. The van der Waals surface area contributed by atoms with Crippen molar-refractivity contribution in [3.05, 3.63) is 41.8 Å². The molecule has 2 heterocycles. The Kier molecular flexibility index (Phi) is 4.37. The smallest absolute Gasteiger partial charge is 0.245 e. The molecule has 1 aliphatic heterocycles. The molecule has 0 unspecified atom stereocenters. The van der Waals surface area contributed by atoms with E-state index in [0.717, 1.165) is 16.4 Å². The second kappa shape index (κ2) is 6.33. The molecule has 0 radical (unpaired) electrons. The van der Waals surface area contributed by atoms with Crippen molar-refractivity contribution < 1.29 is 22.1 Å². The Morgan fingerprint density at radius 2 is 2.08 bits per heavy atom. The van der Waals surface area contributed by atoms with E-state index in [1.807, 2.05) is 0 Å². The molecule has 7 nitrogen and oxygen atoms in total. The molecule has 2 aromatic rings. The van der Waals surface area contributed by atoms with Crippen LogP contribution in [-0.2, 0) is 14.8 Å². The molecule has 1 aromatic heterocycles. The summed E-state index contributed by atoms with van der Waals surface area (Å²) < 4.78 is 44.5. The zero-order chi connectivity index (χ0) is 17.3. The summed E-state index contributed by atoms with van der Waals surface area (Å²) in [4.78, 5) is 12.4. The molecule has 128 valence electrons. The number of rotatable bonds is 4. The minimum Gasteiger partial charge on any atom is -0.338 e. The highest BCUT2D eigenvalue weighted by atomic mass is 32.2. The Hall–Kier alpha value is -2.26. The average Bonchev–Trinajstić information content (AvgIpc) is 3.17. The lowest BCUT2D eigenvalue weighted by molar-refractivity contribution is -0.119. The van der Waals surface area contributed by atoms with Crippen molar-refractivity contribution in [2.45, 2.75) is 30.7 Å². The third-order valence-electron chi connectivity index (χ3n) is 3.80. The highest BCUT2D eigenvalue weighted by Crippen LogP contribution is 2.27. The molecule has 0 saturated carbocycles. The summed E-state index contributed by atoms with van der Waals surface area (Å²) in [6.45, 7) is 1.94. The zero-order valence-electron chi connectivity index (χ0n) is 12.9. The number of carbonyl (C=O) groups excluding carboxylic acids is 1. The van der Waals surface area contributed by atoms with Crippen LogP contribution in [0.5, 0.6) is 0 Å². The molecule has 1 atom stereocenters. The van der Waals surface area contributed by atoms with Crippen LogP contribution < -0.4 is 5.32 Å². The van der Waals surface area contributed by atoms with Gasteiger partial charge in [0.2, 0.25) is 21.8 Å². The number of halogens is 1. The quantitative estimate of drug-likeness (QED) is 0.906. The van der Waals surface area contributed by atoms with Gasteiger partial charge >= 0.3 is 0 Å². The standard InChI is InChI=1S/C15H16FN3O4S/c1-10-9-14(23-18-10)17-15(20)13-3-2-8-19(13)24(21,22)12-6-4-11(16)5-7-12/h4-7,9,13H,2-3,8H2,1H3,(H,17,20)/t13-/m0/s1. The molecular weight excluding hydrogens is 337 g/mol. The van der Waals surface area contributed by atoms with Gasteiger partial charge in [-0.05, 0) is 44.0 Å². The number of hydrogen-bond acceptors (Lipinski definition) is 5. The Morgan fingerprint density at radius 3 is 2.71 bits per heavy atom. The minimum atomic E-state index is -3.88. The molecule has 1 aliphatic rings. The lowest BCUT2D eigenvalue weighted by Gasteiger charge is -2.22. The maximum absolute atomic E-state index is 13.0. The Labute approximate surface area is 138 Å². The normalized spacial score (nSPS) is 18.7. The predicted molar refractivity (Wildman–Crippen MR) is 83.2 cm³/mol. The Morgan fingerprint density at radius 1 is 1.38 bits per heavy atom. The SMILES string of the molecule is Cc1cc(NC(=O)[C@@H]2CCCN2S(=O)(=O)c2ccc(F)cc2)on1. The molecule has 9 heteroatoms. The molecule has 0 spiro atoms. The van der Waals surface area contributed by atoms with E-state index in [1.54, 1.807) is 13.0 Å². The Balaban J connectivity index is 1.81. The molecule has 1 amide bonds. The molecular formula is C15H16FN3O4S. The first-order valence-electron chi connectivity index (χ1n) is 7.39. The van der Waals surface area contributed by atoms with Crippen LogP contribution in [0, 0.1) is 12.7 Å². The Bertz CT molecular complexity index is 848. The van der Waals surface area contributed by atoms with Gasteiger partial charge in [-0.2, -0.15) is 4.31 Å². The first-order valence-corrected chi connectivity index (χ1v) is 8.83. The largest absolute Gasteiger partial charge is 0.338 e. The number of carbonyl (C=O) groups is 1. The summed E-state index contributed by atoms with van der Waals surface area (Å²) in [5, 5.41) is 6.20. The van der Waals surface area contributed by atoms with Crippen LogP contribution in [0.2, 0.25) is 0 Å². The monoisotopic (exact) mass is 353 g/mol. The molecule has 1 saturated heterocycles. The second-order valence-corrected chi connectivity index (χ2v) is 7.44. The third kappa shape index (κ3) is 3.17. The summed E-state index contributed by atoms with van der Waals surface area (Å²) in [5.41, 5.74) is 0.604. The van der Waals surface area contributed by atoms with E-state index in [9.17, 15) is 17.6 Å². The zero-order valence-corrected chi connectivity index (χ0v) is 13.7. The van der Waals surface area contributed by atoms with Crippen LogP contribution >= 0.6 is 0 Å². The third-order valence-corrected chi connectivity index (χ3v) is 5.72. The van der Waals surface area contributed by atoms with Gasteiger partial charge in [0.05, 0.1) is 10.6 Å². The van der Waals surface area contributed by atoms with Crippen LogP contribution in [0.1, 0.15) is 18.5 Å². The topological polar surface area (TPSA) is 92.5 Å². The van der Waals surface area contributed by atoms with Gasteiger partial charge in [-0.15, -0.1) is 0 Å². The lowest BCUT2D eigenvalue weighted by atomic mass is 10.2. The molecule has 3 rings (SSSR count). The number of aryl methyl sites for hydroxylation is 1. The van der Waals surface area contributed by atoms with Crippen molar-refractivity contribution in [3.8, 4) is 0 Å². The van der Waals surface area contributed by atoms with Gasteiger partial charge in [0.25, 0.3) is 0 Å². The van der Waals surface area contributed by atoms with E-state index in [2.05, 4.69) is 10.5 Å². The number of sulfonamides is 1. The minimum absolute atomic E-state index is 0.0425. The van der Waals surface area contributed by atoms with Crippen molar-refractivity contribution >= 4 is 21.8 Å². The van der Waals surface area contributed by atoms with Crippen LogP contribution in [0.4, 0.5) is 10.3 Å². The van der Waals surface area contributed by atoms with Crippen molar-refractivity contribution in [3.63, 3.8) is 0 Å².